The lowest BCUT2D eigenvalue weighted by Gasteiger charge is -2.37. The molecule has 0 aliphatic carbocycles. The van der Waals surface area contributed by atoms with Crippen LogP contribution < -0.4 is 5.32 Å². The van der Waals surface area contributed by atoms with Gasteiger partial charge in [-0.2, -0.15) is 0 Å². The maximum Gasteiger partial charge on any atom is 0.0591 e. The Morgan fingerprint density at radius 3 is 2.33 bits per heavy atom. The van der Waals surface area contributed by atoms with E-state index in [1.165, 1.54) is 25.9 Å². The van der Waals surface area contributed by atoms with Crippen molar-refractivity contribution in [2.24, 2.45) is 0 Å². The smallest absolute Gasteiger partial charge is 0.0591 e. The van der Waals surface area contributed by atoms with E-state index in [4.69, 9.17) is 0 Å². The van der Waals surface area contributed by atoms with Gasteiger partial charge in [0, 0.05) is 13.1 Å². The average molecular weight is 128 g/mol. The van der Waals surface area contributed by atoms with Crippen molar-refractivity contribution >= 4 is 0 Å². The predicted molar refractivity (Wildman–Crippen MR) is 39.3 cm³/mol. The van der Waals surface area contributed by atoms with Crippen LogP contribution in [0.25, 0.3) is 0 Å². The zero-order chi connectivity index (χ0) is 6.69. The van der Waals surface area contributed by atoms with Crippen molar-refractivity contribution in [1.82, 2.24) is 10.2 Å². The molecule has 1 heterocycles. The highest BCUT2D eigenvalue weighted by molar-refractivity contribution is 4.74. The Balaban J connectivity index is 2.19. The zero-order valence-corrected chi connectivity index (χ0v) is 6.35. The summed E-state index contributed by atoms with van der Waals surface area (Å²) >= 11 is 0. The fourth-order valence-corrected chi connectivity index (χ4v) is 1.30. The Morgan fingerprint density at radius 1 is 1.56 bits per heavy atom. The molecule has 1 saturated heterocycles. The minimum absolute atomic E-state index is 0.638. The molecule has 1 fully saturated rings. The van der Waals surface area contributed by atoms with Crippen LogP contribution in [0.3, 0.4) is 0 Å². The second-order valence-corrected chi connectivity index (χ2v) is 2.60. The molecule has 0 aromatic heterocycles. The van der Waals surface area contributed by atoms with E-state index < -0.39 is 0 Å². The van der Waals surface area contributed by atoms with Crippen LogP contribution in [-0.2, 0) is 0 Å². The van der Waals surface area contributed by atoms with Crippen LogP contribution in [0.4, 0.5) is 0 Å². The fraction of sp³-hybridized carbons (Fsp3) is 1.00. The Hall–Kier alpha value is -0.0800. The summed E-state index contributed by atoms with van der Waals surface area (Å²) in [6, 6.07) is 0. The van der Waals surface area contributed by atoms with E-state index >= 15 is 0 Å². The monoisotopic (exact) mass is 128 g/mol. The van der Waals surface area contributed by atoms with Crippen LogP contribution in [0, 0.1) is 0 Å². The zero-order valence-electron chi connectivity index (χ0n) is 6.35. The molecule has 1 N–H and O–H groups in total. The lowest BCUT2D eigenvalue weighted by Crippen LogP contribution is -2.50. The molecular formula is C7H16N2. The third-order valence-electron chi connectivity index (χ3n) is 2.05. The number of nitrogens with one attached hydrogen (secondary N) is 1. The van der Waals surface area contributed by atoms with E-state index in [1.54, 1.807) is 0 Å². The van der Waals surface area contributed by atoms with Gasteiger partial charge in [0.25, 0.3) is 0 Å². The summed E-state index contributed by atoms with van der Waals surface area (Å²) in [7, 11) is 2.03. The van der Waals surface area contributed by atoms with Gasteiger partial charge in [-0.25, -0.2) is 0 Å². The summed E-state index contributed by atoms with van der Waals surface area (Å²) in [6.07, 6.45) is 3.24. The molecule has 9 heavy (non-hydrogen) atoms. The summed E-state index contributed by atoms with van der Waals surface area (Å²) in [5.41, 5.74) is 0. The lowest BCUT2D eigenvalue weighted by atomic mass is 10.2. The molecule has 1 unspecified atom stereocenters. The molecule has 0 aromatic rings. The largest absolute Gasteiger partial charge is 0.305 e. The van der Waals surface area contributed by atoms with E-state index in [9.17, 15) is 0 Å². The maximum absolute atomic E-state index is 3.28. The number of rotatable bonds is 3. The van der Waals surface area contributed by atoms with Gasteiger partial charge < -0.3 is 5.32 Å². The Labute approximate surface area is 57.2 Å². The van der Waals surface area contributed by atoms with Crippen molar-refractivity contribution in [3.63, 3.8) is 0 Å². The molecule has 0 saturated carbocycles. The molecule has 2 heteroatoms. The summed E-state index contributed by atoms with van der Waals surface area (Å²) in [4.78, 5) is 2.47. The van der Waals surface area contributed by atoms with E-state index in [1.807, 2.05) is 7.05 Å². The molecular weight excluding hydrogens is 112 g/mol. The standard InChI is InChI=1S/C7H16N2/c1-3-7(8-2)9-5-4-6-9/h7-8H,3-6H2,1-2H3. The van der Waals surface area contributed by atoms with Crippen molar-refractivity contribution in [3.8, 4) is 0 Å². The van der Waals surface area contributed by atoms with Gasteiger partial charge in [0.05, 0.1) is 6.17 Å². The van der Waals surface area contributed by atoms with Gasteiger partial charge in [-0.15, -0.1) is 0 Å². The second kappa shape index (κ2) is 3.18. The Morgan fingerprint density at radius 2 is 2.22 bits per heavy atom. The highest BCUT2D eigenvalue weighted by atomic mass is 15.3. The molecule has 0 bridgehead atoms. The van der Waals surface area contributed by atoms with E-state index in [0.29, 0.717) is 6.17 Å². The quantitative estimate of drug-likeness (QED) is 0.600. The summed E-state index contributed by atoms with van der Waals surface area (Å²) in [6.45, 7) is 4.80. The molecule has 1 aliphatic rings. The maximum atomic E-state index is 3.28. The van der Waals surface area contributed by atoms with Gasteiger partial charge >= 0.3 is 0 Å². The number of nitrogens with zero attached hydrogens (tertiary/aromatic N) is 1. The van der Waals surface area contributed by atoms with Gasteiger partial charge in [-0.3, -0.25) is 4.90 Å². The van der Waals surface area contributed by atoms with Crippen molar-refractivity contribution in [3.05, 3.63) is 0 Å². The summed E-state index contributed by atoms with van der Waals surface area (Å²) in [5, 5.41) is 3.28. The fourth-order valence-electron chi connectivity index (χ4n) is 1.30. The van der Waals surface area contributed by atoms with Crippen molar-refractivity contribution in [2.75, 3.05) is 20.1 Å². The van der Waals surface area contributed by atoms with Crippen molar-refractivity contribution in [1.29, 1.82) is 0 Å². The minimum atomic E-state index is 0.638. The summed E-state index contributed by atoms with van der Waals surface area (Å²) in [5.74, 6) is 0. The predicted octanol–water partition coefficient (Wildman–Crippen LogP) is 0.648. The first kappa shape index (κ1) is 7.03. The topological polar surface area (TPSA) is 15.3 Å². The minimum Gasteiger partial charge on any atom is -0.305 e. The SMILES string of the molecule is CCC(NC)N1CCC1. The molecule has 2 nitrogen and oxygen atoms in total. The number of hydrogen-bond donors (Lipinski definition) is 1. The Bertz CT molecular complexity index is 75.0. The van der Waals surface area contributed by atoms with Gasteiger partial charge in [-0.1, -0.05) is 6.92 Å². The highest BCUT2D eigenvalue weighted by Gasteiger charge is 2.20. The number of hydrogen-bond acceptors (Lipinski definition) is 2. The van der Waals surface area contributed by atoms with Crippen LogP contribution in [-0.4, -0.2) is 31.2 Å². The van der Waals surface area contributed by atoms with Crippen LogP contribution in [0.1, 0.15) is 19.8 Å². The average Bonchev–Trinajstić information content (AvgIpc) is 1.78. The highest BCUT2D eigenvalue weighted by Crippen LogP contribution is 2.10. The first-order valence-corrected chi connectivity index (χ1v) is 3.79. The molecule has 1 aliphatic heterocycles. The lowest BCUT2D eigenvalue weighted by molar-refractivity contribution is 0.0974. The normalized spacial score (nSPS) is 23.3. The molecule has 0 amide bonds. The van der Waals surface area contributed by atoms with Crippen molar-refractivity contribution in [2.45, 2.75) is 25.9 Å². The summed E-state index contributed by atoms with van der Waals surface area (Å²) < 4.78 is 0. The van der Waals surface area contributed by atoms with Gasteiger partial charge in [-0.05, 0) is 19.9 Å². The van der Waals surface area contributed by atoms with E-state index in [2.05, 4.69) is 17.1 Å². The first-order valence-electron chi connectivity index (χ1n) is 3.79. The molecule has 1 rings (SSSR count). The Kier molecular flexibility index (Phi) is 2.49. The number of likely N-dealkylation sites (tertiary alicyclic amines) is 1. The van der Waals surface area contributed by atoms with Crippen LogP contribution in [0.2, 0.25) is 0 Å². The van der Waals surface area contributed by atoms with Gasteiger partial charge in [0.15, 0.2) is 0 Å². The van der Waals surface area contributed by atoms with E-state index in [-0.39, 0.29) is 0 Å². The molecule has 0 spiro atoms. The van der Waals surface area contributed by atoms with Crippen LogP contribution in [0.5, 0.6) is 0 Å². The third kappa shape index (κ3) is 1.43. The molecule has 0 aromatic carbocycles. The molecule has 0 radical (unpaired) electrons. The molecule has 54 valence electrons. The third-order valence-corrected chi connectivity index (χ3v) is 2.05. The molecule has 1 atom stereocenters. The second-order valence-electron chi connectivity index (χ2n) is 2.60. The van der Waals surface area contributed by atoms with Gasteiger partial charge in [0.2, 0.25) is 0 Å². The van der Waals surface area contributed by atoms with E-state index in [0.717, 1.165) is 0 Å². The first-order chi connectivity index (χ1) is 4.38. The van der Waals surface area contributed by atoms with Crippen molar-refractivity contribution < 1.29 is 0 Å². The van der Waals surface area contributed by atoms with Crippen LogP contribution in [0.15, 0.2) is 0 Å². The van der Waals surface area contributed by atoms with Crippen LogP contribution >= 0.6 is 0 Å². The van der Waals surface area contributed by atoms with Gasteiger partial charge in [0.1, 0.15) is 0 Å².